The summed E-state index contributed by atoms with van der Waals surface area (Å²) in [6, 6.07) is 4.32. The predicted octanol–water partition coefficient (Wildman–Crippen LogP) is 4.43. The summed E-state index contributed by atoms with van der Waals surface area (Å²) in [7, 11) is 1.77. The first-order valence-corrected chi connectivity index (χ1v) is 7.51. The van der Waals surface area contributed by atoms with Crippen molar-refractivity contribution in [3.05, 3.63) is 50.4 Å². The van der Waals surface area contributed by atoms with E-state index in [0.29, 0.717) is 12.1 Å². The molecule has 108 valence electrons. The molecule has 0 saturated carbocycles. The molecule has 0 aromatic carbocycles. The number of alkyl halides is 3. The average molecular weight is 365 g/mol. The van der Waals surface area contributed by atoms with Crippen LogP contribution in [-0.4, -0.2) is 12.0 Å². The summed E-state index contributed by atoms with van der Waals surface area (Å²) >= 11 is 5.05. The molecule has 1 N–H and O–H groups in total. The molecule has 2 rings (SSSR count). The van der Waals surface area contributed by atoms with Crippen molar-refractivity contribution in [2.75, 3.05) is 7.05 Å². The van der Waals surface area contributed by atoms with Crippen LogP contribution in [0.25, 0.3) is 0 Å². The Hall–Kier alpha value is -0.920. The maximum absolute atomic E-state index is 12.5. The molecule has 7 heteroatoms. The number of aromatic nitrogens is 1. The van der Waals surface area contributed by atoms with Gasteiger partial charge in [-0.3, -0.25) is 4.98 Å². The Morgan fingerprint density at radius 2 is 2.10 bits per heavy atom. The molecular formula is C13H12BrF3N2S. The van der Waals surface area contributed by atoms with Crippen molar-refractivity contribution in [3.63, 3.8) is 0 Å². The van der Waals surface area contributed by atoms with Crippen LogP contribution in [0.15, 0.2) is 34.2 Å². The largest absolute Gasteiger partial charge is 0.417 e. The molecule has 2 heterocycles. The number of hydrogen-bond acceptors (Lipinski definition) is 3. The molecule has 0 saturated heterocycles. The maximum Gasteiger partial charge on any atom is 0.417 e. The number of thiophene rings is 1. The van der Waals surface area contributed by atoms with Gasteiger partial charge < -0.3 is 5.32 Å². The Labute approximate surface area is 127 Å². The lowest BCUT2D eigenvalue weighted by atomic mass is 10.1. The van der Waals surface area contributed by atoms with Crippen molar-refractivity contribution in [1.82, 2.24) is 10.3 Å². The van der Waals surface area contributed by atoms with E-state index in [4.69, 9.17) is 0 Å². The van der Waals surface area contributed by atoms with Gasteiger partial charge in [0.1, 0.15) is 0 Å². The maximum atomic E-state index is 12.5. The van der Waals surface area contributed by atoms with Gasteiger partial charge in [-0.25, -0.2) is 0 Å². The Morgan fingerprint density at radius 3 is 2.55 bits per heavy atom. The van der Waals surface area contributed by atoms with E-state index in [1.165, 1.54) is 6.07 Å². The molecule has 0 aliphatic heterocycles. The van der Waals surface area contributed by atoms with Gasteiger partial charge in [0.15, 0.2) is 0 Å². The molecule has 0 aliphatic carbocycles. The number of hydrogen-bond donors (Lipinski definition) is 1. The second kappa shape index (κ2) is 6.24. The number of pyridine rings is 1. The van der Waals surface area contributed by atoms with Gasteiger partial charge in [0, 0.05) is 22.0 Å². The number of likely N-dealkylation sites (N-methyl/N-ethyl adjacent to an activating group) is 1. The highest BCUT2D eigenvalue weighted by atomic mass is 79.9. The Kier molecular flexibility index (Phi) is 4.82. The molecule has 0 amide bonds. The molecule has 2 aromatic heterocycles. The van der Waals surface area contributed by atoms with Gasteiger partial charge in [-0.2, -0.15) is 13.2 Å². The van der Waals surface area contributed by atoms with E-state index in [9.17, 15) is 13.2 Å². The van der Waals surface area contributed by atoms with E-state index in [2.05, 4.69) is 26.2 Å². The molecule has 0 spiro atoms. The standard InChI is InChI=1S/C13H12BrF3N2S/c1-18-11(6-12-9(14)4-5-20-12)10-3-2-8(7-19-10)13(15,16)17/h2-5,7,11,18H,6H2,1H3. The van der Waals surface area contributed by atoms with Gasteiger partial charge >= 0.3 is 6.18 Å². The lowest BCUT2D eigenvalue weighted by Crippen LogP contribution is -2.20. The zero-order valence-corrected chi connectivity index (χ0v) is 12.9. The summed E-state index contributed by atoms with van der Waals surface area (Å²) in [5.74, 6) is 0. The second-order valence-corrected chi connectivity index (χ2v) is 6.06. The molecule has 0 radical (unpaired) electrons. The quantitative estimate of drug-likeness (QED) is 0.867. The van der Waals surface area contributed by atoms with Crippen LogP contribution in [0.2, 0.25) is 0 Å². The summed E-state index contributed by atoms with van der Waals surface area (Å²) in [5, 5.41) is 5.05. The Morgan fingerprint density at radius 1 is 1.35 bits per heavy atom. The number of rotatable bonds is 4. The van der Waals surface area contributed by atoms with Crippen LogP contribution >= 0.6 is 27.3 Å². The number of nitrogens with zero attached hydrogens (tertiary/aromatic N) is 1. The SMILES string of the molecule is CNC(Cc1sccc1Br)c1ccc(C(F)(F)F)cn1. The molecule has 20 heavy (non-hydrogen) atoms. The fraction of sp³-hybridized carbons (Fsp3) is 0.308. The first-order valence-electron chi connectivity index (χ1n) is 5.84. The molecule has 1 atom stereocenters. The van der Waals surface area contributed by atoms with Gasteiger partial charge in [0.05, 0.1) is 17.3 Å². The van der Waals surface area contributed by atoms with Crippen molar-refractivity contribution in [2.24, 2.45) is 0 Å². The van der Waals surface area contributed by atoms with Crippen LogP contribution in [0, 0.1) is 0 Å². The molecular weight excluding hydrogens is 353 g/mol. The van der Waals surface area contributed by atoms with Crippen molar-refractivity contribution >= 4 is 27.3 Å². The number of nitrogens with one attached hydrogen (secondary N) is 1. The molecule has 2 nitrogen and oxygen atoms in total. The van der Waals surface area contributed by atoms with E-state index >= 15 is 0 Å². The van der Waals surface area contributed by atoms with E-state index in [0.717, 1.165) is 21.6 Å². The Balaban J connectivity index is 2.18. The fourth-order valence-corrected chi connectivity index (χ4v) is 3.35. The van der Waals surface area contributed by atoms with Crippen molar-refractivity contribution in [2.45, 2.75) is 18.6 Å². The third kappa shape index (κ3) is 3.59. The predicted molar refractivity (Wildman–Crippen MR) is 76.8 cm³/mol. The highest BCUT2D eigenvalue weighted by molar-refractivity contribution is 9.10. The monoisotopic (exact) mass is 364 g/mol. The summed E-state index contributed by atoms with van der Waals surface area (Å²) in [4.78, 5) is 5.06. The first-order chi connectivity index (χ1) is 9.41. The lowest BCUT2D eigenvalue weighted by Gasteiger charge is -2.16. The minimum absolute atomic E-state index is 0.118. The van der Waals surface area contributed by atoms with Crippen LogP contribution in [0.1, 0.15) is 22.2 Å². The van der Waals surface area contributed by atoms with Crippen LogP contribution < -0.4 is 5.32 Å². The topological polar surface area (TPSA) is 24.9 Å². The number of halogens is 4. The average Bonchev–Trinajstić information content (AvgIpc) is 2.80. The van der Waals surface area contributed by atoms with Crippen molar-refractivity contribution < 1.29 is 13.2 Å². The minimum Gasteiger partial charge on any atom is -0.311 e. The summed E-state index contributed by atoms with van der Waals surface area (Å²) in [6.45, 7) is 0. The lowest BCUT2D eigenvalue weighted by molar-refractivity contribution is -0.137. The summed E-state index contributed by atoms with van der Waals surface area (Å²) in [6.07, 6.45) is -2.80. The third-order valence-corrected chi connectivity index (χ3v) is 4.85. The molecule has 1 unspecified atom stereocenters. The van der Waals surface area contributed by atoms with Crippen LogP contribution in [0.3, 0.4) is 0 Å². The second-order valence-electron chi connectivity index (χ2n) is 4.21. The molecule has 2 aromatic rings. The molecule has 0 aliphatic rings. The zero-order chi connectivity index (χ0) is 14.8. The summed E-state index contributed by atoms with van der Waals surface area (Å²) in [5.41, 5.74) is -0.130. The fourth-order valence-electron chi connectivity index (χ4n) is 1.79. The van der Waals surface area contributed by atoms with Gasteiger partial charge in [-0.15, -0.1) is 11.3 Å². The third-order valence-electron chi connectivity index (χ3n) is 2.90. The van der Waals surface area contributed by atoms with E-state index in [1.807, 2.05) is 11.4 Å². The van der Waals surface area contributed by atoms with Gasteiger partial charge in [-0.1, -0.05) is 0 Å². The normalized spacial score (nSPS) is 13.4. The first kappa shape index (κ1) is 15.5. The van der Waals surface area contributed by atoms with Crippen LogP contribution in [0.5, 0.6) is 0 Å². The summed E-state index contributed by atoms with van der Waals surface area (Å²) < 4.78 is 38.5. The Bertz CT molecular complexity index is 566. The highest BCUT2D eigenvalue weighted by Gasteiger charge is 2.31. The van der Waals surface area contributed by atoms with Gasteiger partial charge in [-0.05, 0) is 46.6 Å². The van der Waals surface area contributed by atoms with Gasteiger partial charge in [0.2, 0.25) is 0 Å². The van der Waals surface area contributed by atoms with Crippen molar-refractivity contribution in [3.8, 4) is 0 Å². The molecule has 0 bridgehead atoms. The minimum atomic E-state index is -4.35. The van der Waals surface area contributed by atoms with Crippen LogP contribution in [0.4, 0.5) is 13.2 Å². The van der Waals surface area contributed by atoms with E-state index < -0.39 is 11.7 Å². The smallest absolute Gasteiger partial charge is 0.311 e. The van der Waals surface area contributed by atoms with Gasteiger partial charge in [0.25, 0.3) is 0 Å². The van der Waals surface area contributed by atoms with Crippen molar-refractivity contribution in [1.29, 1.82) is 0 Å². The van der Waals surface area contributed by atoms with Crippen LogP contribution in [-0.2, 0) is 12.6 Å². The highest BCUT2D eigenvalue weighted by Crippen LogP contribution is 2.30. The zero-order valence-electron chi connectivity index (χ0n) is 10.5. The van der Waals surface area contributed by atoms with E-state index in [1.54, 1.807) is 18.4 Å². The van der Waals surface area contributed by atoms with E-state index in [-0.39, 0.29) is 6.04 Å². The molecule has 0 fully saturated rings.